The monoisotopic (exact) mass is 635 g/mol. The van der Waals surface area contributed by atoms with Crippen molar-refractivity contribution in [2.45, 2.75) is 44.7 Å². The van der Waals surface area contributed by atoms with Crippen LogP contribution in [0.2, 0.25) is 0 Å². The number of piperidine rings is 1. The molecule has 2 N–H and O–H groups in total. The highest BCUT2D eigenvalue weighted by molar-refractivity contribution is 5.89. The van der Waals surface area contributed by atoms with E-state index in [1.165, 1.54) is 5.56 Å². The number of amidine groups is 1. The quantitative estimate of drug-likeness (QED) is 0.434. The molecule has 2 saturated heterocycles. The first kappa shape index (κ1) is 33.4. The van der Waals surface area contributed by atoms with E-state index in [0.717, 1.165) is 69.1 Å². The van der Waals surface area contributed by atoms with Crippen molar-refractivity contribution in [3.8, 4) is 5.75 Å². The van der Waals surface area contributed by atoms with Gasteiger partial charge in [0.05, 0.1) is 0 Å². The first-order valence-electron chi connectivity index (χ1n) is 14.6. The summed E-state index contributed by atoms with van der Waals surface area (Å²) in [5.41, 5.74) is 1.25. The van der Waals surface area contributed by atoms with Crippen LogP contribution in [0.1, 0.15) is 49.3 Å². The van der Waals surface area contributed by atoms with E-state index >= 15 is 0 Å². The summed E-state index contributed by atoms with van der Waals surface area (Å²) in [6.07, 6.45) is -0.674. The summed E-state index contributed by atoms with van der Waals surface area (Å²) in [5, 5.41) is 26.8. The molecule has 0 bridgehead atoms. The molecule has 0 atom stereocenters. The van der Waals surface area contributed by atoms with Crippen molar-refractivity contribution in [1.29, 1.82) is 0 Å². The number of halogens is 3. The van der Waals surface area contributed by atoms with Gasteiger partial charge in [0.2, 0.25) is 5.91 Å². The molecule has 13 nitrogen and oxygen atoms in total. The lowest BCUT2D eigenvalue weighted by molar-refractivity contribution is -0.147. The third kappa shape index (κ3) is 9.51. The van der Waals surface area contributed by atoms with Gasteiger partial charge >= 0.3 is 18.1 Å². The standard InChI is InChI=1S/C25H32F3N7O2.C4H4O4/c1-18(36)33-14-12-32(13-15-33)16-17-37-21-4-2-19(3-5-21)20-8-10-34(11-9-20)23-7-6-22-29-30-24(25(26,27)28)35(22)31-23;5-3(6)1-2-4(7)8/h2-5,20H,6-17H2,1H3;1-2H,(H,5,6)(H,7,8)/b;2-1-. The van der Waals surface area contributed by atoms with Crippen LogP contribution in [0.3, 0.4) is 0 Å². The van der Waals surface area contributed by atoms with E-state index in [-0.39, 0.29) is 11.7 Å². The summed E-state index contributed by atoms with van der Waals surface area (Å²) in [6.45, 7) is 7.82. The number of piperazine rings is 1. The lowest BCUT2D eigenvalue weighted by atomic mass is 9.89. The van der Waals surface area contributed by atoms with E-state index in [4.69, 9.17) is 14.9 Å². The van der Waals surface area contributed by atoms with Crippen LogP contribution in [0.25, 0.3) is 0 Å². The number of carbonyl (C=O) groups is 3. The van der Waals surface area contributed by atoms with Crippen LogP contribution < -0.4 is 4.74 Å². The molecular formula is C29H36F3N7O6. The van der Waals surface area contributed by atoms with E-state index in [1.807, 2.05) is 17.0 Å². The van der Waals surface area contributed by atoms with Crippen LogP contribution in [-0.2, 0) is 27.0 Å². The van der Waals surface area contributed by atoms with E-state index in [1.54, 1.807) is 6.92 Å². The van der Waals surface area contributed by atoms with Gasteiger partial charge in [0, 0.05) is 77.7 Å². The summed E-state index contributed by atoms with van der Waals surface area (Å²) in [6, 6.07) is 8.23. The van der Waals surface area contributed by atoms with Crippen LogP contribution in [0.5, 0.6) is 5.75 Å². The molecule has 1 aromatic carbocycles. The fourth-order valence-corrected chi connectivity index (χ4v) is 5.39. The predicted molar refractivity (Wildman–Crippen MR) is 155 cm³/mol. The maximum atomic E-state index is 13.2. The molecule has 0 spiro atoms. The molecule has 16 heteroatoms. The number of alkyl halides is 3. The normalized spacial score (nSPS) is 17.7. The minimum Gasteiger partial charge on any atom is -0.492 e. The zero-order valence-corrected chi connectivity index (χ0v) is 24.8. The highest BCUT2D eigenvalue weighted by Crippen LogP contribution is 2.32. The maximum absolute atomic E-state index is 13.2. The maximum Gasteiger partial charge on any atom is 0.453 e. The van der Waals surface area contributed by atoms with E-state index < -0.39 is 23.9 Å². The average molecular weight is 636 g/mol. The number of aromatic nitrogens is 3. The zero-order valence-electron chi connectivity index (χ0n) is 24.8. The minimum atomic E-state index is -4.58. The molecule has 3 aliphatic heterocycles. The third-order valence-electron chi connectivity index (χ3n) is 7.82. The molecule has 2 aromatic rings. The molecule has 1 amide bonds. The molecule has 4 heterocycles. The Balaban J connectivity index is 0.000000510. The number of nitrogens with zero attached hydrogens (tertiary/aromatic N) is 7. The molecule has 2 fully saturated rings. The van der Waals surface area contributed by atoms with Crippen LogP contribution in [-0.4, -0.2) is 116 Å². The second-order valence-electron chi connectivity index (χ2n) is 10.8. The fraction of sp³-hybridized carbons (Fsp3) is 0.517. The second-order valence-corrected chi connectivity index (χ2v) is 10.8. The van der Waals surface area contributed by atoms with Gasteiger partial charge in [-0.05, 0) is 36.5 Å². The predicted octanol–water partition coefficient (Wildman–Crippen LogP) is 2.54. The molecule has 45 heavy (non-hydrogen) atoms. The van der Waals surface area contributed by atoms with Crippen LogP contribution in [0, 0.1) is 0 Å². The van der Waals surface area contributed by atoms with Crippen molar-refractivity contribution in [1.82, 2.24) is 29.6 Å². The van der Waals surface area contributed by atoms with Crippen molar-refractivity contribution in [2.75, 3.05) is 52.4 Å². The number of aryl methyl sites for hydroxylation is 1. The second kappa shape index (κ2) is 15.0. The first-order valence-corrected chi connectivity index (χ1v) is 14.6. The van der Waals surface area contributed by atoms with Crippen molar-refractivity contribution < 1.29 is 42.5 Å². The summed E-state index contributed by atoms with van der Waals surface area (Å²) in [7, 11) is 0. The Morgan fingerprint density at radius 2 is 1.56 bits per heavy atom. The molecule has 0 saturated carbocycles. The van der Waals surface area contributed by atoms with E-state index in [9.17, 15) is 27.6 Å². The summed E-state index contributed by atoms with van der Waals surface area (Å²) in [4.78, 5) is 36.8. The van der Waals surface area contributed by atoms with Crippen LogP contribution >= 0.6 is 0 Å². The number of carboxylic acid groups (broad SMARTS) is 2. The average Bonchev–Trinajstić information content (AvgIpc) is 3.45. The van der Waals surface area contributed by atoms with Gasteiger partial charge in [-0.3, -0.25) is 9.69 Å². The van der Waals surface area contributed by atoms with Crippen molar-refractivity contribution >= 4 is 23.7 Å². The Bertz CT molecular complexity index is 1380. The van der Waals surface area contributed by atoms with Gasteiger partial charge in [-0.25, -0.2) is 9.59 Å². The van der Waals surface area contributed by atoms with Crippen molar-refractivity contribution in [3.05, 3.63) is 53.6 Å². The molecule has 1 aromatic heterocycles. The molecule has 3 aliphatic rings. The van der Waals surface area contributed by atoms with E-state index in [2.05, 4.69) is 37.2 Å². The Hall–Kier alpha value is -4.47. The van der Waals surface area contributed by atoms with Gasteiger partial charge in [0.1, 0.15) is 18.2 Å². The van der Waals surface area contributed by atoms with Gasteiger partial charge in [0.15, 0.2) is 5.82 Å². The number of likely N-dealkylation sites (tertiary alicyclic amines) is 1. The van der Waals surface area contributed by atoms with E-state index in [0.29, 0.717) is 43.4 Å². The zero-order chi connectivity index (χ0) is 32.6. The molecule has 0 radical (unpaired) electrons. The summed E-state index contributed by atoms with van der Waals surface area (Å²) < 4.78 is 46.4. The highest BCUT2D eigenvalue weighted by Gasteiger charge is 2.40. The Morgan fingerprint density at radius 1 is 0.933 bits per heavy atom. The third-order valence-corrected chi connectivity index (χ3v) is 7.82. The number of amides is 1. The van der Waals surface area contributed by atoms with Gasteiger partial charge in [-0.1, -0.05) is 12.1 Å². The lowest BCUT2D eigenvalue weighted by Gasteiger charge is -2.35. The summed E-state index contributed by atoms with van der Waals surface area (Å²) in [5.74, 6) is -1.29. The molecule has 0 unspecified atom stereocenters. The lowest BCUT2D eigenvalue weighted by Crippen LogP contribution is -2.48. The fourth-order valence-electron chi connectivity index (χ4n) is 5.39. The molecular weight excluding hydrogens is 599 g/mol. The van der Waals surface area contributed by atoms with Crippen molar-refractivity contribution in [3.63, 3.8) is 0 Å². The van der Waals surface area contributed by atoms with Crippen LogP contribution in [0.15, 0.2) is 41.5 Å². The largest absolute Gasteiger partial charge is 0.492 e. The van der Waals surface area contributed by atoms with Crippen molar-refractivity contribution in [2.24, 2.45) is 5.10 Å². The summed E-state index contributed by atoms with van der Waals surface area (Å²) >= 11 is 0. The Morgan fingerprint density at radius 3 is 2.11 bits per heavy atom. The topological polar surface area (TPSA) is 154 Å². The Kier molecular flexibility index (Phi) is 11.1. The number of benzene rings is 1. The number of hydrogen-bond acceptors (Lipinski definition) is 9. The van der Waals surface area contributed by atoms with Gasteiger partial charge in [-0.2, -0.15) is 22.9 Å². The number of hydrogen-bond donors (Lipinski definition) is 2. The number of fused-ring (bicyclic) bond motifs is 1. The number of carbonyl (C=O) groups excluding carboxylic acids is 1. The highest BCUT2D eigenvalue weighted by atomic mass is 19.4. The van der Waals surface area contributed by atoms with Gasteiger partial charge in [-0.15, -0.1) is 10.2 Å². The molecule has 5 rings (SSSR count). The minimum absolute atomic E-state index is 0.134. The van der Waals surface area contributed by atoms with Gasteiger partial charge < -0.3 is 24.7 Å². The molecule has 244 valence electrons. The SMILES string of the molecule is CC(=O)N1CCN(CCOc2ccc(C3CCN(C4=Nn5c(nnc5C(F)(F)F)CC4)CC3)cc2)CC1.O=C(O)/C=C\C(=O)O. The smallest absolute Gasteiger partial charge is 0.453 e. The number of ether oxygens (including phenoxy) is 1. The molecule has 0 aliphatic carbocycles. The number of aliphatic carboxylic acids is 2. The Labute approximate surface area is 257 Å². The first-order chi connectivity index (χ1) is 21.4. The number of rotatable bonds is 7. The van der Waals surface area contributed by atoms with Crippen LogP contribution in [0.4, 0.5) is 13.2 Å². The van der Waals surface area contributed by atoms with Gasteiger partial charge in [0.25, 0.3) is 5.82 Å². The number of carboxylic acids is 2.